The lowest BCUT2D eigenvalue weighted by atomic mass is 10.5. The molecule has 2 aromatic rings. The van der Waals surface area contributed by atoms with Crippen LogP contribution in [0.15, 0.2) is 42.9 Å². The summed E-state index contributed by atoms with van der Waals surface area (Å²) in [6.45, 7) is 0. The maximum absolute atomic E-state index is 4.23. The second-order valence-electron chi connectivity index (χ2n) is 2.75. The Kier molecular flexibility index (Phi) is 2.00. The summed E-state index contributed by atoms with van der Waals surface area (Å²) in [7, 11) is 1.90. The Bertz CT molecular complexity index is 378. The van der Waals surface area contributed by atoms with E-state index in [0.29, 0.717) is 0 Å². The first-order chi connectivity index (χ1) is 6.40. The van der Waals surface area contributed by atoms with E-state index < -0.39 is 0 Å². The van der Waals surface area contributed by atoms with Gasteiger partial charge in [0.05, 0.1) is 5.69 Å². The summed E-state index contributed by atoms with van der Waals surface area (Å²) in [6.07, 6.45) is 5.77. The molecule has 0 amide bonds. The summed E-state index contributed by atoms with van der Waals surface area (Å²) >= 11 is 0. The van der Waals surface area contributed by atoms with Crippen molar-refractivity contribution in [3.8, 4) is 5.82 Å². The third kappa shape index (κ3) is 1.54. The van der Waals surface area contributed by atoms with Crippen molar-refractivity contribution < 1.29 is 0 Å². The van der Waals surface area contributed by atoms with Crippen molar-refractivity contribution >= 4 is 5.69 Å². The second kappa shape index (κ2) is 3.31. The Hall–Kier alpha value is -1.77. The molecule has 2 heterocycles. The van der Waals surface area contributed by atoms with Crippen LogP contribution in [-0.4, -0.2) is 16.6 Å². The first-order valence-corrected chi connectivity index (χ1v) is 4.17. The molecule has 0 bridgehead atoms. The van der Waals surface area contributed by atoms with Crippen LogP contribution in [0.3, 0.4) is 0 Å². The Labute approximate surface area is 77.0 Å². The summed E-state index contributed by atoms with van der Waals surface area (Å²) in [6, 6.07) is 7.86. The van der Waals surface area contributed by atoms with E-state index in [0.717, 1.165) is 11.5 Å². The topological polar surface area (TPSA) is 29.9 Å². The van der Waals surface area contributed by atoms with Gasteiger partial charge in [0.25, 0.3) is 0 Å². The lowest BCUT2D eigenvalue weighted by Crippen LogP contribution is -1.92. The van der Waals surface area contributed by atoms with Crippen molar-refractivity contribution in [1.82, 2.24) is 9.55 Å². The molecule has 0 unspecified atom stereocenters. The standard InChI is InChI=1S/C10H11N3/c1-11-9-5-7-13(8-9)10-4-2-3-6-12-10/h2-8,11H,1H3. The molecule has 2 rings (SSSR count). The van der Waals surface area contributed by atoms with Crippen LogP contribution in [-0.2, 0) is 0 Å². The number of hydrogen-bond acceptors (Lipinski definition) is 2. The van der Waals surface area contributed by atoms with Gasteiger partial charge in [-0.25, -0.2) is 4.98 Å². The number of aromatic nitrogens is 2. The van der Waals surface area contributed by atoms with Gasteiger partial charge >= 0.3 is 0 Å². The highest BCUT2D eigenvalue weighted by molar-refractivity contribution is 5.43. The van der Waals surface area contributed by atoms with Crippen molar-refractivity contribution in [2.45, 2.75) is 0 Å². The van der Waals surface area contributed by atoms with Crippen LogP contribution in [0.1, 0.15) is 0 Å². The van der Waals surface area contributed by atoms with Gasteiger partial charge in [0.2, 0.25) is 0 Å². The van der Waals surface area contributed by atoms with Gasteiger partial charge < -0.3 is 9.88 Å². The molecule has 0 radical (unpaired) electrons. The van der Waals surface area contributed by atoms with Crippen molar-refractivity contribution in [3.05, 3.63) is 42.9 Å². The van der Waals surface area contributed by atoms with Gasteiger partial charge in [-0.3, -0.25) is 0 Å². The molecule has 2 aromatic heterocycles. The molecular formula is C10H11N3. The first-order valence-electron chi connectivity index (χ1n) is 4.17. The van der Waals surface area contributed by atoms with Gasteiger partial charge in [-0.1, -0.05) is 6.07 Å². The molecule has 3 heteroatoms. The first kappa shape index (κ1) is 7.86. The largest absolute Gasteiger partial charge is 0.387 e. The molecule has 0 aromatic carbocycles. The zero-order valence-electron chi connectivity index (χ0n) is 7.44. The Morgan fingerprint density at radius 3 is 2.85 bits per heavy atom. The van der Waals surface area contributed by atoms with E-state index in [1.165, 1.54) is 0 Å². The molecule has 0 saturated carbocycles. The van der Waals surface area contributed by atoms with Gasteiger partial charge in [-0.05, 0) is 18.2 Å². The molecular weight excluding hydrogens is 162 g/mol. The average Bonchev–Trinajstić information content (AvgIpc) is 2.67. The molecule has 13 heavy (non-hydrogen) atoms. The number of rotatable bonds is 2. The van der Waals surface area contributed by atoms with Crippen molar-refractivity contribution in [1.29, 1.82) is 0 Å². The normalized spacial score (nSPS) is 9.92. The molecule has 0 aliphatic rings. The van der Waals surface area contributed by atoms with E-state index in [1.54, 1.807) is 6.20 Å². The molecule has 0 fully saturated rings. The molecule has 0 atom stereocenters. The molecule has 0 aliphatic carbocycles. The zero-order chi connectivity index (χ0) is 9.10. The van der Waals surface area contributed by atoms with Crippen molar-refractivity contribution in [2.24, 2.45) is 0 Å². The van der Waals surface area contributed by atoms with Gasteiger partial charge in [0.15, 0.2) is 0 Å². The maximum Gasteiger partial charge on any atom is 0.136 e. The van der Waals surface area contributed by atoms with Gasteiger partial charge in [0.1, 0.15) is 5.82 Å². The Balaban J connectivity index is 2.36. The monoisotopic (exact) mass is 173 g/mol. The molecule has 66 valence electrons. The lowest BCUT2D eigenvalue weighted by Gasteiger charge is -1.99. The highest BCUT2D eigenvalue weighted by Gasteiger charge is 1.96. The van der Waals surface area contributed by atoms with Crippen LogP contribution in [0.5, 0.6) is 0 Å². The minimum absolute atomic E-state index is 0.934. The Morgan fingerprint density at radius 2 is 2.23 bits per heavy atom. The predicted octanol–water partition coefficient (Wildman–Crippen LogP) is 1.91. The summed E-state index contributed by atoms with van der Waals surface area (Å²) in [5.74, 6) is 0.934. The molecule has 1 N–H and O–H groups in total. The fourth-order valence-corrected chi connectivity index (χ4v) is 1.19. The van der Waals surface area contributed by atoms with Crippen LogP contribution >= 0.6 is 0 Å². The third-order valence-electron chi connectivity index (χ3n) is 1.90. The van der Waals surface area contributed by atoms with Crippen LogP contribution in [0, 0.1) is 0 Å². The zero-order valence-corrected chi connectivity index (χ0v) is 7.44. The number of anilines is 1. The number of pyridine rings is 1. The highest BCUT2D eigenvalue weighted by Crippen LogP contribution is 2.10. The smallest absolute Gasteiger partial charge is 0.136 e. The van der Waals surface area contributed by atoms with Crippen LogP contribution in [0.2, 0.25) is 0 Å². The predicted molar refractivity (Wildman–Crippen MR) is 53.1 cm³/mol. The van der Waals surface area contributed by atoms with E-state index >= 15 is 0 Å². The highest BCUT2D eigenvalue weighted by atomic mass is 15.1. The van der Waals surface area contributed by atoms with E-state index in [1.807, 2.05) is 48.3 Å². The van der Waals surface area contributed by atoms with E-state index in [9.17, 15) is 0 Å². The summed E-state index contributed by atoms with van der Waals surface area (Å²) in [4.78, 5) is 4.23. The van der Waals surface area contributed by atoms with Crippen LogP contribution in [0.25, 0.3) is 5.82 Å². The molecule has 3 nitrogen and oxygen atoms in total. The fourth-order valence-electron chi connectivity index (χ4n) is 1.19. The quantitative estimate of drug-likeness (QED) is 0.751. The van der Waals surface area contributed by atoms with E-state index in [4.69, 9.17) is 0 Å². The summed E-state index contributed by atoms with van der Waals surface area (Å²) in [5.41, 5.74) is 1.09. The SMILES string of the molecule is CNc1ccn(-c2ccccn2)c1. The Morgan fingerprint density at radius 1 is 1.31 bits per heavy atom. The number of nitrogens with zero attached hydrogens (tertiary/aromatic N) is 2. The van der Waals surface area contributed by atoms with Gasteiger partial charge in [-0.15, -0.1) is 0 Å². The minimum Gasteiger partial charge on any atom is -0.387 e. The fraction of sp³-hybridized carbons (Fsp3) is 0.100. The van der Waals surface area contributed by atoms with E-state index in [2.05, 4.69) is 10.3 Å². The summed E-state index contributed by atoms with van der Waals surface area (Å²) in [5, 5.41) is 3.07. The molecule has 0 spiro atoms. The number of hydrogen-bond donors (Lipinski definition) is 1. The van der Waals surface area contributed by atoms with Crippen LogP contribution in [0.4, 0.5) is 5.69 Å². The van der Waals surface area contributed by atoms with E-state index in [-0.39, 0.29) is 0 Å². The van der Waals surface area contributed by atoms with Gasteiger partial charge in [-0.2, -0.15) is 0 Å². The lowest BCUT2D eigenvalue weighted by molar-refractivity contribution is 1.01. The van der Waals surface area contributed by atoms with Crippen LogP contribution < -0.4 is 5.32 Å². The molecule has 0 saturated heterocycles. The average molecular weight is 173 g/mol. The molecule has 0 aliphatic heterocycles. The maximum atomic E-state index is 4.23. The second-order valence-corrected chi connectivity index (χ2v) is 2.75. The van der Waals surface area contributed by atoms with Crippen molar-refractivity contribution in [2.75, 3.05) is 12.4 Å². The van der Waals surface area contributed by atoms with Gasteiger partial charge in [0, 0.05) is 25.6 Å². The third-order valence-corrected chi connectivity index (χ3v) is 1.90. The minimum atomic E-state index is 0.934. The van der Waals surface area contributed by atoms with Crippen molar-refractivity contribution in [3.63, 3.8) is 0 Å². The summed E-state index contributed by atoms with van der Waals surface area (Å²) < 4.78 is 1.98. The number of nitrogens with one attached hydrogen (secondary N) is 1.